The van der Waals surface area contributed by atoms with E-state index in [1.54, 1.807) is 7.11 Å². The monoisotopic (exact) mass is 805 g/mol. The summed E-state index contributed by atoms with van der Waals surface area (Å²) in [7, 11) is 2.90. The van der Waals surface area contributed by atoms with Crippen LogP contribution in [0.15, 0.2) is 54.6 Å². The SMILES string of the molecule is COc1nc(-c2cccc(-c3cccc4c3CC[C@@H]4Oc3nc(OC)c(CN4C[C@@H]5[C@H](C)[C@]5(C(=O)O)C4)cc3C(F)(F)F)c2Cl)ccc1CNC[C@@H]1CCC(=O)N1. The lowest BCUT2D eigenvalue weighted by molar-refractivity contribution is -0.144. The Hall–Kier alpha value is -4.92. The van der Waals surface area contributed by atoms with Crippen LogP contribution in [-0.2, 0) is 35.3 Å². The van der Waals surface area contributed by atoms with Crippen LogP contribution in [0.25, 0.3) is 22.4 Å². The predicted molar refractivity (Wildman–Crippen MR) is 205 cm³/mol. The Morgan fingerprint density at radius 2 is 1.74 bits per heavy atom. The maximum atomic E-state index is 14.6. The number of nitrogens with zero attached hydrogens (tertiary/aromatic N) is 3. The molecule has 11 nitrogen and oxygen atoms in total. The zero-order valence-electron chi connectivity index (χ0n) is 31.7. The van der Waals surface area contributed by atoms with Gasteiger partial charge in [-0.1, -0.05) is 61.0 Å². The number of pyridine rings is 2. The standard InChI is InChI=1S/C42H43ClF3N5O6/c1-22-32-20-51(21-41(22,32)40(53)54)19-24-16-31(42(44,45)46)39(50-38(24)56-3)57-34-14-12-27-26(6-4-7-28(27)34)29-8-5-9-30(36(29)43)33-13-10-23(37(49-33)55-2)17-47-18-25-11-15-35(52)48-25/h4-10,13,16,22,25,32,34,47H,11-12,14-15,17-21H2,1-3H3,(H,48,52)(H,53,54)/t22-,25-,32+,34-,41+/m0/s1. The molecular weight excluding hydrogens is 763 g/mol. The lowest BCUT2D eigenvalue weighted by Crippen LogP contribution is -2.35. The van der Waals surface area contributed by atoms with Gasteiger partial charge in [0.15, 0.2) is 0 Å². The highest BCUT2D eigenvalue weighted by Crippen LogP contribution is 2.63. The number of methoxy groups -OCH3 is 2. The molecule has 2 aromatic heterocycles. The van der Waals surface area contributed by atoms with Gasteiger partial charge in [-0.3, -0.25) is 14.5 Å². The number of hydrogen-bond donors (Lipinski definition) is 3. The van der Waals surface area contributed by atoms with Gasteiger partial charge in [-0.2, -0.15) is 18.2 Å². The van der Waals surface area contributed by atoms with Gasteiger partial charge < -0.3 is 30.0 Å². The molecule has 1 amide bonds. The fourth-order valence-corrected chi connectivity index (χ4v) is 9.44. The Morgan fingerprint density at radius 1 is 1.00 bits per heavy atom. The topological polar surface area (TPSA) is 135 Å². The van der Waals surface area contributed by atoms with Crippen LogP contribution < -0.4 is 24.8 Å². The number of benzene rings is 2. The van der Waals surface area contributed by atoms with Gasteiger partial charge in [0.25, 0.3) is 0 Å². The van der Waals surface area contributed by atoms with Gasteiger partial charge in [0.05, 0.1) is 30.4 Å². The molecule has 4 heterocycles. The normalized spacial score (nSPS) is 23.9. The molecule has 0 spiro atoms. The lowest BCUT2D eigenvalue weighted by Gasteiger charge is -2.24. The average Bonchev–Trinajstić information content (AvgIpc) is 3.65. The number of carbonyl (C=O) groups excluding carboxylic acids is 1. The quantitative estimate of drug-likeness (QED) is 0.129. The molecule has 3 N–H and O–H groups in total. The van der Waals surface area contributed by atoms with Crippen LogP contribution in [0.2, 0.25) is 5.02 Å². The van der Waals surface area contributed by atoms with Gasteiger partial charge in [0, 0.05) is 67.4 Å². The van der Waals surface area contributed by atoms with E-state index < -0.39 is 35.1 Å². The van der Waals surface area contributed by atoms with Crippen LogP contribution >= 0.6 is 11.6 Å². The fourth-order valence-electron chi connectivity index (χ4n) is 9.11. The number of hydrogen-bond acceptors (Lipinski definition) is 9. The van der Waals surface area contributed by atoms with Crippen molar-refractivity contribution in [3.8, 4) is 40.0 Å². The number of rotatable bonds is 13. The summed E-state index contributed by atoms with van der Waals surface area (Å²) in [6.07, 6.45) is -3.21. The Balaban J connectivity index is 1.03. The van der Waals surface area contributed by atoms with E-state index in [2.05, 4.69) is 15.6 Å². The number of likely N-dealkylation sites (tertiary alicyclic amines) is 1. The molecule has 57 heavy (non-hydrogen) atoms. The maximum Gasteiger partial charge on any atom is 0.421 e. The third-order valence-electron chi connectivity index (χ3n) is 12.2. The first-order valence-corrected chi connectivity index (χ1v) is 19.4. The largest absolute Gasteiger partial charge is 0.481 e. The van der Waals surface area contributed by atoms with Crippen molar-refractivity contribution < 1.29 is 42.1 Å². The second-order valence-corrected chi connectivity index (χ2v) is 15.8. The van der Waals surface area contributed by atoms with Crippen LogP contribution in [-0.4, -0.2) is 71.7 Å². The molecule has 1 saturated carbocycles. The fraction of sp³-hybridized carbons (Fsp3) is 0.429. The molecule has 15 heteroatoms. The molecule has 0 bridgehead atoms. The molecule has 2 aliphatic heterocycles. The second kappa shape index (κ2) is 15.1. The minimum Gasteiger partial charge on any atom is -0.481 e. The van der Waals surface area contributed by atoms with Gasteiger partial charge >= 0.3 is 12.1 Å². The van der Waals surface area contributed by atoms with Crippen LogP contribution in [0.3, 0.4) is 0 Å². The molecule has 4 aliphatic rings. The van der Waals surface area contributed by atoms with Crippen LogP contribution in [0.5, 0.6) is 17.6 Å². The van der Waals surface area contributed by atoms with Crippen molar-refractivity contribution in [1.29, 1.82) is 0 Å². The van der Waals surface area contributed by atoms with E-state index in [1.165, 1.54) is 7.11 Å². The Bertz CT molecular complexity index is 2240. The highest BCUT2D eigenvalue weighted by atomic mass is 35.5. The number of carboxylic acids is 1. The van der Waals surface area contributed by atoms with Gasteiger partial charge in [0.2, 0.25) is 23.5 Å². The molecular formula is C42H43ClF3N5O6. The number of carbonyl (C=O) groups is 2. The molecule has 2 aliphatic carbocycles. The van der Waals surface area contributed by atoms with E-state index in [9.17, 15) is 27.9 Å². The van der Waals surface area contributed by atoms with Crippen LogP contribution in [0, 0.1) is 17.3 Å². The average molecular weight is 806 g/mol. The summed E-state index contributed by atoms with van der Waals surface area (Å²) >= 11 is 7.13. The summed E-state index contributed by atoms with van der Waals surface area (Å²) in [6, 6.07) is 16.2. The van der Waals surface area contributed by atoms with E-state index in [0.717, 1.165) is 40.3 Å². The Labute approximate surface area is 332 Å². The van der Waals surface area contributed by atoms with Crippen molar-refractivity contribution in [3.63, 3.8) is 0 Å². The number of piperidine rings is 1. The molecule has 2 aromatic carbocycles. The number of nitrogens with one attached hydrogen (secondary N) is 2. The van der Waals surface area contributed by atoms with Crippen molar-refractivity contribution in [2.24, 2.45) is 17.3 Å². The van der Waals surface area contributed by atoms with E-state index >= 15 is 0 Å². The number of fused-ring (bicyclic) bond motifs is 2. The summed E-state index contributed by atoms with van der Waals surface area (Å²) in [4.78, 5) is 34.5. The van der Waals surface area contributed by atoms with Crippen molar-refractivity contribution in [2.45, 2.75) is 64.0 Å². The number of alkyl halides is 3. The first-order chi connectivity index (χ1) is 27.3. The van der Waals surface area contributed by atoms with Crippen LogP contribution in [0.4, 0.5) is 13.2 Å². The summed E-state index contributed by atoms with van der Waals surface area (Å²) in [5, 5.41) is 16.6. The number of carboxylic acid groups (broad SMARTS) is 1. The van der Waals surface area contributed by atoms with E-state index in [-0.39, 0.29) is 48.3 Å². The Morgan fingerprint density at radius 3 is 2.44 bits per heavy atom. The molecule has 300 valence electrons. The number of amides is 1. The van der Waals surface area contributed by atoms with E-state index in [1.807, 2.05) is 60.4 Å². The van der Waals surface area contributed by atoms with Crippen molar-refractivity contribution >= 4 is 23.5 Å². The minimum atomic E-state index is -4.77. The molecule has 5 atom stereocenters. The summed E-state index contributed by atoms with van der Waals surface area (Å²) in [5.41, 5.74) is 3.73. The molecule has 3 fully saturated rings. The zero-order chi connectivity index (χ0) is 40.2. The molecule has 8 rings (SSSR count). The van der Waals surface area contributed by atoms with Gasteiger partial charge in [-0.15, -0.1) is 0 Å². The first-order valence-electron chi connectivity index (χ1n) is 19.0. The summed E-state index contributed by atoms with van der Waals surface area (Å²) < 4.78 is 61.2. The molecule has 4 aromatic rings. The highest BCUT2D eigenvalue weighted by Gasteiger charge is 2.71. The van der Waals surface area contributed by atoms with Crippen molar-refractivity contribution in [1.82, 2.24) is 25.5 Å². The summed E-state index contributed by atoms with van der Waals surface area (Å²) in [5.74, 6) is -0.948. The van der Waals surface area contributed by atoms with Gasteiger partial charge in [0.1, 0.15) is 11.7 Å². The molecule has 0 unspecified atom stereocenters. The van der Waals surface area contributed by atoms with Crippen LogP contribution in [0.1, 0.15) is 60.1 Å². The third kappa shape index (κ3) is 7.16. The first kappa shape index (κ1) is 38.9. The van der Waals surface area contributed by atoms with Crippen molar-refractivity contribution in [3.05, 3.63) is 87.4 Å². The number of aromatic nitrogens is 2. The number of ether oxygens (including phenoxy) is 3. The number of halogens is 4. The summed E-state index contributed by atoms with van der Waals surface area (Å²) in [6.45, 7) is 3.83. The lowest BCUT2D eigenvalue weighted by atomic mass is 9.94. The molecule has 2 saturated heterocycles. The van der Waals surface area contributed by atoms with Gasteiger partial charge in [-0.05, 0) is 59.9 Å². The second-order valence-electron chi connectivity index (χ2n) is 15.4. The number of aliphatic carboxylic acids is 1. The minimum absolute atomic E-state index is 0.000154. The zero-order valence-corrected chi connectivity index (χ0v) is 32.5. The van der Waals surface area contributed by atoms with Crippen molar-refractivity contribution in [2.75, 3.05) is 33.9 Å². The highest BCUT2D eigenvalue weighted by molar-refractivity contribution is 6.36. The molecule has 0 radical (unpaired) electrons. The van der Waals surface area contributed by atoms with E-state index in [0.29, 0.717) is 61.1 Å². The van der Waals surface area contributed by atoms with E-state index in [4.69, 9.17) is 30.8 Å². The van der Waals surface area contributed by atoms with Gasteiger partial charge in [-0.25, -0.2) is 4.98 Å². The smallest absolute Gasteiger partial charge is 0.421 e. The third-order valence-corrected chi connectivity index (χ3v) is 12.6. The predicted octanol–water partition coefficient (Wildman–Crippen LogP) is 7.09. The Kier molecular flexibility index (Phi) is 10.3. The maximum absolute atomic E-state index is 14.6.